The SMILES string of the molecule is O=C(NC(c1ccc(C(F)(F)F)cc1)c1ncccc1C(F)(F)F)c1ccn2ccnc2c1. The number of pyridine rings is 2. The van der Waals surface area contributed by atoms with Crippen molar-refractivity contribution in [2.45, 2.75) is 18.4 Å². The number of carbonyl (C=O) groups is 1. The summed E-state index contributed by atoms with van der Waals surface area (Å²) in [5.74, 6) is -0.746. The van der Waals surface area contributed by atoms with Crippen LogP contribution in [0.15, 0.2) is 73.3 Å². The van der Waals surface area contributed by atoms with E-state index in [1.165, 1.54) is 18.3 Å². The molecule has 0 aliphatic heterocycles. The summed E-state index contributed by atoms with van der Waals surface area (Å²) >= 11 is 0. The highest BCUT2D eigenvalue weighted by Gasteiger charge is 2.37. The first-order chi connectivity index (χ1) is 15.5. The summed E-state index contributed by atoms with van der Waals surface area (Å²) in [6.45, 7) is 0. The molecule has 0 saturated heterocycles. The smallest absolute Gasteiger partial charge is 0.340 e. The Bertz CT molecular complexity index is 1290. The summed E-state index contributed by atoms with van der Waals surface area (Å²) in [6.07, 6.45) is -3.61. The van der Waals surface area contributed by atoms with Gasteiger partial charge in [-0.15, -0.1) is 0 Å². The highest BCUT2D eigenvalue weighted by atomic mass is 19.4. The van der Waals surface area contributed by atoms with Crippen LogP contribution in [0.5, 0.6) is 0 Å². The van der Waals surface area contributed by atoms with E-state index in [1.807, 2.05) is 0 Å². The van der Waals surface area contributed by atoms with Crippen molar-refractivity contribution in [3.63, 3.8) is 0 Å². The van der Waals surface area contributed by atoms with Crippen LogP contribution in [0.3, 0.4) is 0 Å². The number of nitrogens with one attached hydrogen (secondary N) is 1. The molecule has 0 radical (unpaired) electrons. The first kappa shape index (κ1) is 22.3. The number of nitrogens with zero attached hydrogens (tertiary/aromatic N) is 3. The second-order valence-corrected chi connectivity index (χ2v) is 7.07. The Balaban J connectivity index is 1.77. The molecule has 3 aromatic heterocycles. The van der Waals surface area contributed by atoms with E-state index in [2.05, 4.69) is 15.3 Å². The van der Waals surface area contributed by atoms with Crippen LogP contribution in [0.25, 0.3) is 5.65 Å². The van der Waals surface area contributed by atoms with E-state index in [-0.39, 0.29) is 11.1 Å². The predicted molar refractivity (Wildman–Crippen MR) is 105 cm³/mol. The van der Waals surface area contributed by atoms with Crippen LogP contribution in [0.4, 0.5) is 26.3 Å². The zero-order valence-electron chi connectivity index (χ0n) is 16.5. The van der Waals surface area contributed by atoms with Gasteiger partial charge in [0.2, 0.25) is 0 Å². The molecule has 33 heavy (non-hydrogen) atoms. The molecule has 0 aliphatic rings. The van der Waals surface area contributed by atoms with Crippen LogP contribution >= 0.6 is 0 Å². The van der Waals surface area contributed by atoms with Crippen LogP contribution in [-0.4, -0.2) is 20.3 Å². The van der Waals surface area contributed by atoms with Gasteiger partial charge in [-0.1, -0.05) is 12.1 Å². The molecule has 4 aromatic rings. The molecular weight excluding hydrogens is 450 g/mol. The molecule has 5 nitrogen and oxygen atoms in total. The van der Waals surface area contributed by atoms with Gasteiger partial charge in [-0.2, -0.15) is 26.3 Å². The van der Waals surface area contributed by atoms with Gasteiger partial charge < -0.3 is 9.72 Å². The summed E-state index contributed by atoms with van der Waals surface area (Å²) < 4.78 is 81.4. The summed E-state index contributed by atoms with van der Waals surface area (Å²) in [7, 11) is 0. The third-order valence-corrected chi connectivity index (χ3v) is 4.92. The lowest BCUT2D eigenvalue weighted by Gasteiger charge is -2.23. The molecule has 0 aliphatic carbocycles. The van der Waals surface area contributed by atoms with E-state index in [1.54, 1.807) is 16.8 Å². The zero-order valence-corrected chi connectivity index (χ0v) is 16.5. The molecule has 1 atom stereocenters. The predicted octanol–water partition coefficient (Wildman–Crippen LogP) is 5.29. The standard InChI is InChI=1S/C22H14F6N4O/c23-21(24,25)15-5-3-13(4-6-15)18(19-16(22(26,27)28)2-1-8-30-19)31-20(33)14-7-10-32-11-9-29-17(32)12-14/h1-12,18H,(H,31,33). The number of halogens is 6. The fourth-order valence-electron chi connectivity index (χ4n) is 3.33. The summed E-state index contributed by atoms with van der Waals surface area (Å²) in [6, 6.07) is 6.79. The minimum atomic E-state index is -4.80. The van der Waals surface area contributed by atoms with Crippen LogP contribution < -0.4 is 5.32 Å². The maximum atomic E-state index is 13.6. The third-order valence-electron chi connectivity index (χ3n) is 4.92. The number of fused-ring (bicyclic) bond motifs is 1. The van der Waals surface area contributed by atoms with Crippen LogP contribution in [0.1, 0.15) is 38.8 Å². The van der Waals surface area contributed by atoms with Crippen molar-refractivity contribution >= 4 is 11.6 Å². The molecule has 1 N–H and O–H groups in total. The molecule has 0 saturated carbocycles. The monoisotopic (exact) mass is 464 g/mol. The van der Waals surface area contributed by atoms with E-state index in [4.69, 9.17) is 0 Å². The maximum absolute atomic E-state index is 13.6. The molecule has 4 rings (SSSR count). The van der Waals surface area contributed by atoms with Gasteiger partial charge in [0.1, 0.15) is 5.65 Å². The highest BCUT2D eigenvalue weighted by molar-refractivity contribution is 5.95. The molecule has 1 amide bonds. The number of aromatic nitrogens is 3. The maximum Gasteiger partial charge on any atom is 0.418 e. The van der Waals surface area contributed by atoms with Gasteiger partial charge >= 0.3 is 12.4 Å². The van der Waals surface area contributed by atoms with Crippen molar-refractivity contribution < 1.29 is 31.1 Å². The molecule has 3 heterocycles. The summed E-state index contributed by atoms with van der Waals surface area (Å²) in [5.41, 5.74) is -2.09. The second-order valence-electron chi connectivity index (χ2n) is 7.07. The molecule has 0 spiro atoms. The Hall–Kier alpha value is -3.89. The van der Waals surface area contributed by atoms with E-state index in [9.17, 15) is 31.1 Å². The number of imidazole rings is 1. The van der Waals surface area contributed by atoms with E-state index in [0.29, 0.717) is 5.65 Å². The van der Waals surface area contributed by atoms with E-state index >= 15 is 0 Å². The van der Waals surface area contributed by atoms with Crippen molar-refractivity contribution in [1.82, 2.24) is 19.7 Å². The van der Waals surface area contributed by atoms with E-state index in [0.717, 1.165) is 42.6 Å². The van der Waals surface area contributed by atoms with Crippen molar-refractivity contribution in [2.75, 3.05) is 0 Å². The third kappa shape index (κ3) is 4.66. The van der Waals surface area contributed by atoms with Crippen molar-refractivity contribution in [3.05, 3.63) is 101 Å². The Morgan fingerprint density at radius 1 is 0.879 bits per heavy atom. The number of amides is 1. The fraction of sp³-hybridized carbons (Fsp3) is 0.136. The number of rotatable bonds is 4. The van der Waals surface area contributed by atoms with Gasteiger partial charge in [0.05, 0.1) is 22.9 Å². The number of alkyl halides is 6. The Morgan fingerprint density at radius 3 is 2.27 bits per heavy atom. The van der Waals surface area contributed by atoms with Gasteiger partial charge in [-0.05, 0) is 42.0 Å². The normalized spacial score (nSPS) is 13.2. The van der Waals surface area contributed by atoms with Gasteiger partial charge in [0.15, 0.2) is 0 Å². The van der Waals surface area contributed by atoms with Gasteiger partial charge in [-0.25, -0.2) is 4.98 Å². The number of hydrogen-bond acceptors (Lipinski definition) is 3. The first-order valence-corrected chi connectivity index (χ1v) is 9.47. The minimum absolute atomic E-state index is 0.00226. The van der Waals surface area contributed by atoms with Gasteiger partial charge in [0, 0.05) is 30.4 Å². The largest absolute Gasteiger partial charge is 0.418 e. The number of hydrogen-bond donors (Lipinski definition) is 1. The topological polar surface area (TPSA) is 59.3 Å². The van der Waals surface area contributed by atoms with Gasteiger partial charge in [0.25, 0.3) is 5.91 Å². The molecule has 1 unspecified atom stereocenters. The van der Waals surface area contributed by atoms with E-state index < -0.39 is 41.1 Å². The van der Waals surface area contributed by atoms with Crippen molar-refractivity contribution in [2.24, 2.45) is 0 Å². The highest BCUT2D eigenvalue weighted by Crippen LogP contribution is 2.36. The molecule has 1 aromatic carbocycles. The average molecular weight is 464 g/mol. The van der Waals surface area contributed by atoms with Crippen LogP contribution in [-0.2, 0) is 12.4 Å². The van der Waals surface area contributed by atoms with Crippen LogP contribution in [0.2, 0.25) is 0 Å². The summed E-state index contributed by atoms with van der Waals surface area (Å²) in [4.78, 5) is 20.8. The van der Waals surface area contributed by atoms with Gasteiger partial charge in [-0.3, -0.25) is 9.78 Å². The van der Waals surface area contributed by atoms with Crippen LogP contribution in [0, 0.1) is 0 Å². The average Bonchev–Trinajstić information content (AvgIpc) is 3.24. The number of carbonyl (C=O) groups excluding carboxylic acids is 1. The zero-order chi connectivity index (χ0) is 23.8. The molecular formula is C22H14F6N4O. The lowest BCUT2D eigenvalue weighted by molar-refractivity contribution is -0.139. The summed E-state index contributed by atoms with van der Waals surface area (Å²) in [5, 5.41) is 2.47. The molecule has 0 fully saturated rings. The Morgan fingerprint density at radius 2 is 1.61 bits per heavy atom. The quantitative estimate of drug-likeness (QED) is 0.418. The lowest BCUT2D eigenvalue weighted by atomic mass is 9.97. The second kappa shape index (κ2) is 8.23. The van der Waals surface area contributed by atoms with Crippen molar-refractivity contribution in [1.29, 1.82) is 0 Å². The first-order valence-electron chi connectivity index (χ1n) is 9.47. The molecule has 0 bridgehead atoms. The number of benzene rings is 1. The lowest BCUT2D eigenvalue weighted by Crippen LogP contribution is -2.31. The Labute approximate surface area is 182 Å². The molecule has 170 valence electrons. The molecule has 11 heteroatoms. The fourth-order valence-corrected chi connectivity index (χ4v) is 3.33. The Kier molecular flexibility index (Phi) is 5.56. The minimum Gasteiger partial charge on any atom is -0.340 e. The van der Waals surface area contributed by atoms with Crippen molar-refractivity contribution in [3.8, 4) is 0 Å².